The summed E-state index contributed by atoms with van der Waals surface area (Å²) in [7, 11) is 0. The Balaban J connectivity index is 1.79. The van der Waals surface area contributed by atoms with Crippen molar-refractivity contribution in [3.8, 4) is 0 Å². The van der Waals surface area contributed by atoms with Gasteiger partial charge in [-0.05, 0) is 64.1 Å². The molecule has 1 amide bonds. The van der Waals surface area contributed by atoms with E-state index in [4.69, 9.17) is 5.73 Å². The van der Waals surface area contributed by atoms with Crippen LogP contribution in [0, 0.1) is 5.41 Å². The fraction of sp³-hybridized carbons (Fsp3) is 0.938. The van der Waals surface area contributed by atoms with Crippen molar-refractivity contribution in [2.45, 2.75) is 64.3 Å². The third kappa shape index (κ3) is 3.53. The molecule has 2 aliphatic rings. The molecular weight excluding hydrogens is 250 g/mol. The van der Waals surface area contributed by atoms with Gasteiger partial charge in [0.15, 0.2) is 0 Å². The summed E-state index contributed by atoms with van der Waals surface area (Å²) in [4.78, 5) is 14.1. The van der Waals surface area contributed by atoms with Crippen LogP contribution >= 0.6 is 0 Å². The van der Waals surface area contributed by atoms with Gasteiger partial charge in [-0.15, -0.1) is 0 Å². The predicted molar refractivity (Wildman–Crippen MR) is 82.5 cm³/mol. The molecule has 0 aromatic carbocycles. The maximum absolute atomic E-state index is 11.6. The third-order valence-electron chi connectivity index (χ3n) is 5.62. The van der Waals surface area contributed by atoms with Crippen LogP contribution < -0.4 is 11.1 Å². The second-order valence-corrected chi connectivity index (χ2v) is 7.03. The molecule has 1 aliphatic carbocycles. The minimum atomic E-state index is -0.558. The van der Waals surface area contributed by atoms with Crippen LogP contribution in [0.15, 0.2) is 0 Å². The SMILES string of the molecule is CCNC(C)(CCN1CCC2(CCCC2)CC1)C(N)=O. The monoisotopic (exact) mass is 281 g/mol. The maximum atomic E-state index is 11.6. The summed E-state index contributed by atoms with van der Waals surface area (Å²) >= 11 is 0. The van der Waals surface area contributed by atoms with E-state index in [-0.39, 0.29) is 5.91 Å². The lowest BCUT2D eigenvalue weighted by Gasteiger charge is -2.40. The van der Waals surface area contributed by atoms with E-state index in [0.717, 1.165) is 19.5 Å². The quantitative estimate of drug-likeness (QED) is 0.781. The van der Waals surface area contributed by atoms with Crippen LogP contribution in [0.2, 0.25) is 0 Å². The fourth-order valence-corrected chi connectivity index (χ4v) is 3.95. The van der Waals surface area contributed by atoms with Crippen molar-refractivity contribution in [3.05, 3.63) is 0 Å². The van der Waals surface area contributed by atoms with Crippen LogP contribution in [-0.4, -0.2) is 42.5 Å². The van der Waals surface area contributed by atoms with Gasteiger partial charge in [-0.25, -0.2) is 0 Å². The highest BCUT2D eigenvalue weighted by Gasteiger charge is 2.37. The van der Waals surface area contributed by atoms with Crippen molar-refractivity contribution in [1.29, 1.82) is 0 Å². The predicted octanol–water partition coefficient (Wildman–Crippen LogP) is 1.89. The van der Waals surface area contributed by atoms with Crippen molar-refractivity contribution >= 4 is 5.91 Å². The molecule has 116 valence electrons. The molecule has 4 heteroatoms. The van der Waals surface area contributed by atoms with E-state index in [2.05, 4.69) is 10.2 Å². The lowest BCUT2D eigenvalue weighted by atomic mass is 9.77. The summed E-state index contributed by atoms with van der Waals surface area (Å²) in [5, 5.41) is 3.25. The Morgan fingerprint density at radius 1 is 1.25 bits per heavy atom. The summed E-state index contributed by atoms with van der Waals surface area (Å²) in [5.41, 5.74) is 5.66. The molecule has 1 aliphatic heterocycles. The number of primary amides is 1. The van der Waals surface area contributed by atoms with Gasteiger partial charge in [0.1, 0.15) is 0 Å². The number of nitrogens with zero attached hydrogens (tertiary/aromatic N) is 1. The molecule has 2 rings (SSSR count). The van der Waals surface area contributed by atoms with Crippen molar-refractivity contribution < 1.29 is 4.79 Å². The molecule has 1 atom stereocenters. The Morgan fingerprint density at radius 3 is 2.35 bits per heavy atom. The molecule has 20 heavy (non-hydrogen) atoms. The van der Waals surface area contributed by atoms with E-state index >= 15 is 0 Å². The van der Waals surface area contributed by atoms with Crippen LogP contribution in [0.1, 0.15) is 58.8 Å². The van der Waals surface area contributed by atoms with Gasteiger partial charge in [0, 0.05) is 6.54 Å². The zero-order valence-corrected chi connectivity index (χ0v) is 13.2. The number of nitrogens with two attached hydrogens (primary N) is 1. The number of likely N-dealkylation sites (N-methyl/N-ethyl adjacent to an activating group) is 1. The van der Waals surface area contributed by atoms with E-state index in [9.17, 15) is 4.79 Å². The van der Waals surface area contributed by atoms with E-state index in [1.165, 1.54) is 51.6 Å². The number of piperidine rings is 1. The molecule has 1 heterocycles. The number of carbonyl (C=O) groups excluding carboxylic acids is 1. The molecule has 1 saturated carbocycles. The molecule has 1 saturated heterocycles. The Kier molecular flexibility index (Phi) is 5.08. The minimum absolute atomic E-state index is 0.233. The van der Waals surface area contributed by atoms with Crippen LogP contribution in [0.3, 0.4) is 0 Å². The molecule has 0 aromatic rings. The number of hydrogen-bond donors (Lipinski definition) is 2. The van der Waals surface area contributed by atoms with Crippen LogP contribution in [-0.2, 0) is 4.79 Å². The molecule has 1 spiro atoms. The normalized spacial score (nSPS) is 25.7. The van der Waals surface area contributed by atoms with E-state index in [1.54, 1.807) is 0 Å². The summed E-state index contributed by atoms with van der Waals surface area (Å²) < 4.78 is 0. The van der Waals surface area contributed by atoms with E-state index in [0.29, 0.717) is 5.41 Å². The first-order valence-corrected chi connectivity index (χ1v) is 8.27. The second kappa shape index (κ2) is 6.44. The second-order valence-electron chi connectivity index (χ2n) is 7.03. The van der Waals surface area contributed by atoms with Gasteiger partial charge < -0.3 is 16.0 Å². The van der Waals surface area contributed by atoms with Crippen molar-refractivity contribution in [2.75, 3.05) is 26.2 Å². The molecule has 0 aromatic heterocycles. The first-order chi connectivity index (χ1) is 9.50. The zero-order chi connectivity index (χ0) is 14.6. The average molecular weight is 281 g/mol. The molecule has 3 N–H and O–H groups in total. The number of carbonyl (C=O) groups is 1. The highest BCUT2D eigenvalue weighted by atomic mass is 16.1. The van der Waals surface area contributed by atoms with Gasteiger partial charge >= 0.3 is 0 Å². The van der Waals surface area contributed by atoms with Gasteiger partial charge in [0.25, 0.3) is 0 Å². The Morgan fingerprint density at radius 2 is 1.85 bits per heavy atom. The first kappa shape index (κ1) is 15.8. The van der Waals surface area contributed by atoms with Crippen LogP contribution in [0.4, 0.5) is 0 Å². The van der Waals surface area contributed by atoms with Gasteiger partial charge in [0.05, 0.1) is 5.54 Å². The number of hydrogen-bond acceptors (Lipinski definition) is 3. The molecule has 2 fully saturated rings. The Bertz CT molecular complexity index is 329. The number of amides is 1. The minimum Gasteiger partial charge on any atom is -0.368 e. The number of likely N-dealkylation sites (tertiary alicyclic amines) is 1. The van der Waals surface area contributed by atoms with Gasteiger partial charge in [0.2, 0.25) is 5.91 Å². The summed E-state index contributed by atoms with van der Waals surface area (Å²) in [6, 6.07) is 0. The third-order valence-corrected chi connectivity index (χ3v) is 5.62. The lowest BCUT2D eigenvalue weighted by molar-refractivity contribution is -0.124. The average Bonchev–Trinajstić information content (AvgIpc) is 2.87. The van der Waals surface area contributed by atoms with E-state index < -0.39 is 5.54 Å². The molecular formula is C16H31N3O. The van der Waals surface area contributed by atoms with Crippen molar-refractivity contribution in [3.63, 3.8) is 0 Å². The molecule has 1 unspecified atom stereocenters. The topological polar surface area (TPSA) is 58.4 Å². The van der Waals surface area contributed by atoms with Gasteiger partial charge in [-0.3, -0.25) is 4.79 Å². The lowest BCUT2D eigenvalue weighted by Crippen LogP contribution is -2.55. The zero-order valence-electron chi connectivity index (χ0n) is 13.2. The molecule has 4 nitrogen and oxygen atoms in total. The largest absolute Gasteiger partial charge is 0.368 e. The smallest absolute Gasteiger partial charge is 0.237 e. The van der Waals surface area contributed by atoms with Gasteiger partial charge in [-0.1, -0.05) is 19.8 Å². The summed E-state index contributed by atoms with van der Waals surface area (Å²) in [6.07, 6.45) is 9.25. The van der Waals surface area contributed by atoms with Crippen molar-refractivity contribution in [1.82, 2.24) is 10.2 Å². The van der Waals surface area contributed by atoms with E-state index in [1.807, 2.05) is 13.8 Å². The highest BCUT2D eigenvalue weighted by Crippen LogP contribution is 2.46. The highest BCUT2D eigenvalue weighted by molar-refractivity contribution is 5.84. The fourth-order valence-electron chi connectivity index (χ4n) is 3.95. The van der Waals surface area contributed by atoms with Gasteiger partial charge in [-0.2, -0.15) is 0 Å². The number of nitrogens with one attached hydrogen (secondary N) is 1. The maximum Gasteiger partial charge on any atom is 0.237 e. The Hall–Kier alpha value is -0.610. The summed E-state index contributed by atoms with van der Waals surface area (Å²) in [5.74, 6) is -0.233. The van der Waals surface area contributed by atoms with Crippen molar-refractivity contribution in [2.24, 2.45) is 11.1 Å². The first-order valence-electron chi connectivity index (χ1n) is 8.27. The molecule has 0 bridgehead atoms. The standard InChI is InChI=1S/C16H31N3O/c1-3-18-15(2,14(17)20)8-11-19-12-9-16(10-13-19)6-4-5-7-16/h18H,3-13H2,1-2H3,(H2,17,20). The molecule has 0 radical (unpaired) electrons. The summed E-state index contributed by atoms with van der Waals surface area (Å²) in [6.45, 7) is 8.10. The Labute approximate surface area is 123 Å². The van der Waals surface area contributed by atoms with Crippen LogP contribution in [0.5, 0.6) is 0 Å². The number of rotatable bonds is 6. The van der Waals surface area contributed by atoms with Crippen LogP contribution in [0.25, 0.3) is 0 Å².